The van der Waals surface area contributed by atoms with Gasteiger partial charge in [-0.05, 0) is 24.6 Å². The monoisotopic (exact) mass is 430 g/mol. The zero-order valence-electron chi connectivity index (χ0n) is 15.1. The summed E-state index contributed by atoms with van der Waals surface area (Å²) in [6.45, 7) is 1.79. The first-order valence-corrected chi connectivity index (χ1v) is 9.70. The third-order valence-corrected chi connectivity index (χ3v) is 5.12. The average Bonchev–Trinajstić information content (AvgIpc) is 2.67. The van der Waals surface area contributed by atoms with Gasteiger partial charge in [0.15, 0.2) is 5.16 Å². The van der Waals surface area contributed by atoms with Gasteiger partial charge in [0.05, 0.1) is 16.2 Å². The Morgan fingerprint density at radius 3 is 2.69 bits per heavy atom. The van der Waals surface area contributed by atoms with Crippen LogP contribution in [0, 0.1) is 17.0 Å². The number of nitro benzene ring substituents is 1. The van der Waals surface area contributed by atoms with Crippen molar-refractivity contribution in [1.29, 1.82) is 0 Å². The second-order valence-corrected chi connectivity index (χ2v) is 7.32. The van der Waals surface area contributed by atoms with Crippen LogP contribution in [-0.2, 0) is 5.75 Å². The van der Waals surface area contributed by atoms with Crippen molar-refractivity contribution in [1.82, 2.24) is 9.97 Å². The number of nitrogens with zero attached hydrogens (tertiary/aromatic N) is 3. The zero-order chi connectivity index (χ0) is 21.0. The Balaban J connectivity index is 1.84. The summed E-state index contributed by atoms with van der Waals surface area (Å²) in [5.74, 6) is -0.327. The molecule has 0 unspecified atom stereocenters. The smallest absolute Gasteiger partial charge is 0.338 e. The highest BCUT2D eigenvalue weighted by Crippen LogP contribution is 2.28. The Morgan fingerprint density at radius 2 is 2.00 bits per heavy atom. The molecule has 2 aromatic carbocycles. The minimum absolute atomic E-state index is 0.197. The lowest BCUT2D eigenvalue weighted by Gasteiger charge is -2.11. The van der Waals surface area contributed by atoms with Crippen molar-refractivity contribution in [2.75, 3.05) is 5.32 Å². The highest BCUT2D eigenvalue weighted by Gasteiger charge is 2.17. The number of aromatic nitrogens is 2. The van der Waals surface area contributed by atoms with E-state index < -0.39 is 10.9 Å². The number of carboxylic acid groups (broad SMARTS) is 1. The fourth-order valence-corrected chi connectivity index (χ4v) is 3.69. The third kappa shape index (κ3) is 5.21. The number of rotatable bonds is 7. The van der Waals surface area contributed by atoms with Gasteiger partial charge in [-0.15, -0.1) is 0 Å². The van der Waals surface area contributed by atoms with Crippen LogP contribution in [0.15, 0.2) is 53.7 Å². The number of carboxylic acids is 1. The second kappa shape index (κ2) is 8.89. The van der Waals surface area contributed by atoms with E-state index in [-0.39, 0.29) is 16.9 Å². The molecule has 10 heteroatoms. The SMILES string of the molecule is Cc1cc(Nc2ccc([N+](=O)[O-])cc2C(=O)O)nc(SCc2ccccc2Cl)n1. The van der Waals surface area contributed by atoms with Crippen LogP contribution in [0.4, 0.5) is 17.2 Å². The Hall–Kier alpha value is -3.17. The molecule has 29 heavy (non-hydrogen) atoms. The van der Waals surface area contributed by atoms with Crippen molar-refractivity contribution >= 4 is 46.5 Å². The maximum Gasteiger partial charge on any atom is 0.338 e. The largest absolute Gasteiger partial charge is 0.478 e. The molecule has 0 fully saturated rings. The lowest BCUT2D eigenvalue weighted by Crippen LogP contribution is -2.05. The summed E-state index contributed by atoms with van der Waals surface area (Å²) in [5, 5.41) is 24.4. The number of thioether (sulfide) groups is 1. The molecule has 3 aromatic rings. The van der Waals surface area contributed by atoms with Crippen molar-refractivity contribution in [2.24, 2.45) is 0 Å². The maximum absolute atomic E-state index is 11.5. The van der Waals surface area contributed by atoms with Gasteiger partial charge in [0.1, 0.15) is 5.82 Å². The minimum Gasteiger partial charge on any atom is -0.478 e. The van der Waals surface area contributed by atoms with Crippen LogP contribution in [0.2, 0.25) is 5.02 Å². The average molecular weight is 431 g/mol. The van der Waals surface area contributed by atoms with Gasteiger partial charge in [0.2, 0.25) is 0 Å². The van der Waals surface area contributed by atoms with Crippen molar-refractivity contribution in [3.63, 3.8) is 0 Å². The van der Waals surface area contributed by atoms with Crippen LogP contribution in [0.5, 0.6) is 0 Å². The molecular formula is C19H15ClN4O4S. The molecule has 0 aliphatic heterocycles. The van der Waals surface area contributed by atoms with E-state index in [1.165, 1.54) is 23.9 Å². The van der Waals surface area contributed by atoms with E-state index in [0.717, 1.165) is 11.6 Å². The van der Waals surface area contributed by atoms with E-state index >= 15 is 0 Å². The molecule has 0 radical (unpaired) electrons. The third-order valence-electron chi connectivity index (χ3n) is 3.86. The van der Waals surface area contributed by atoms with E-state index in [1.54, 1.807) is 13.0 Å². The first-order valence-electron chi connectivity index (χ1n) is 8.34. The zero-order valence-corrected chi connectivity index (χ0v) is 16.7. The van der Waals surface area contributed by atoms with Crippen molar-refractivity contribution < 1.29 is 14.8 Å². The fraction of sp³-hybridized carbons (Fsp3) is 0.105. The molecule has 1 aromatic heterocycles. The number of hydrogen-bond acceptors (Lipinski definition) is 7. The van der Waals surface area contributed by atoms with Crippen LogP contribution < -0.4 is 5.32 Å². The van der Waals surface area contributed by atoms with Crippen LogP contribution in [0.1, 0.15) is 21.6 Å². The van der Waals surface area contributed by atoms with Gasteiger partial charge < -0.3 is 10.4 Å². The molecular weight excluding hydrogens is 416 g/mol. The lowest BCUT2D eigenvalue weighted by atomic mass is 10.1. The van der Waals surface area contributed by atoms with Crippen molar-refractivity contribution in [2.45, 2.75) is 17.8 Å². The molecule has 0 bridgehead atoms. The Kier molecular flexibility index (Phi) is 6.30. The fourth-order valence-electron chi connectivity index (χ4n) is 2.50. The number of non-ortho nitro benzene ring substituents is 1. The summed E-state index contributed by atoms with van der Waals surface area (Å²) in [4.78, 5) is 30.5. The molecule has 1 heterocycles. The number of carbonyl (C=O) groups is 1. The van der Waals surface area contributed by atoms with Crippen molar-refractivity contribution in [3.05, 3.63) is 80.5 Å². The highest BCUT2D eigenvalue weighted by molar-refractivity contribution is 7.98. The molecule has 0 atom stereocenters. The minimum atomic E-state index is -1.28. The van der Waals surface area contributed by atoms with Gasteiger partial charge >= 0.3 is 5.97 Å². The first-order chi connectivity index (χ1) is 13.8. The molecule has 148 valence electrons. The predicted octanol–water partition coefficient (Wildman–Crippen LogP) is 5.08. The van der Waals surface area contributed by atoms with E-state index in [0.29, 0.717) is 27.4 Å². The second-order valence-electron chi connectivity index (χ2n) is 5.97. The van der Waals surface area contributed by atoms with E-state index in [4.69, 9.17) is 11.6 Å². The molecule has 3 rings (SSSR count). The normalized spacial score (nSPS) is 10.6. The van der Waals surface area contributed by atoms with Gasteiger partial charge in [0, 0.05) is 34.7 Å². The standard InChI is InChI=1S/C19H15ClN4O4S/c1-11-8-17(22-16-7-6-13(24(27)28)9-14(16)18(25)26)23-19(21-11)29-10-12-4-2-3-5-15(12)20/h2-9H,10H2,1H3,(H,25,26)(H,21,22,23). The molecule has 0 saturated heterocycles. The number of anilines is 2. The summed E-state index contributed by atoms with van der Waals surface area (Å²) in [6, 6.07) is 12.7. The van der Waals surface area contributed by atoms with Gasteiger partial charge in [-0.25, -0.2) is 14.8 Å². The highest BCUT2D eigenvalue weighted by atomic mass is 35.5. The first kappa shape index (κ1) is 20.6. The van der Waals surface area contributed by atoms with Crippen LogP contribution in [-0.4, -0.2) is 26.0 Å². The summed E-state index contributed by atoms with van der Waals surface area (Å²) in [5.41, 5.74) is 1.30. The molecule has 0 spiro atoms. The molecule has 0 aliphatic carbocycles. The number of hydrogen-bond donors (Lipinski definition) is 2. The van der Waals surface area contributed by atoms with Crippen LogP contribution in [0.3, 0.4) is 0 Å². The molecule has 8 nitrogen and oxygen atoms in total. The molecule has 2 N–H and O–H groups in total. The van der Waals surface area contributed by atoms with Crippen LogP contribution >= 0.6 is 23.4 Å². The number of nitro groups is 1. The molecule has 0 amide bonds. The topological polar surface area (TPSA) is 118 Å². The Morgan fingerprint density at radius 1 is 1.24 bits per heavy atom. The Bertz CT molecular complexity index is 1090. The maximum atomic E-state index is 11.5. The summed E-state index contributed by atoms with van der Waals surface area (Å²) in [6.07, 6.45) is 0. The number of nitrogens with one attached hydrogen (secondary N) is 1. The van der Waals surface area contributed by atoms with Gasteiger partial charge in [0.25, 0.3) is 5.69 Å². The summed E-state index contributed by atoms with van der Waals surface area (Å²) >= 11 is 7.56. The van der Waals surface area contributed by atoms with Gasteiger partial charge in [-0.1, -0.05) is 41.6 Å². The lowest BCUT2D eigenvalue weighted by molar-refractivity contribution is -0.384. The quantitative estimate of drug-likeness (QED) is 0.230. The van der Waals surface area contributed by atoms with Crippen LogP contribution in [0.25, 0.3) is 0 Å². The van der Waals surface area contributed by atoms with Gasteiger partial charge in [-0.2, -0.15) is 0 Å². The number of halogens is 1. The molecule has 0 aliphatic rings. The van der Waals surface area contributed by atoms with Gasteiger partial charge in [-0.3, -0.25) is 10.1 Å². The predicted molar refractivity (Wildman–Crippen MR) is 111 cm³/mol. The number of benzene rings is 2. The van der Waals surface area contributed by atoms with E-state index in [9.17, 15) is 20.0 Å². The van der Waals surface area contributed by atoms with E-state index in [1.807, 2.05) is 24.3 Å². The van der Waals surface area contributed by atoms with E-state index in [2.05, 4.69) is 15.3 Å². The summed E-state index contributed by atoms with van der Waals surface area (Å²) in [7, 11) is 0. The molecule has 0 saturated carbocycles. The summed E-state index contributed by atoms with van der Waals surface area (Å²) < 4.78 is 0. The Labute approximate surface area is 175 Å². The van der Waals surface area contributed by atoms with Crippen molar-refractivity contribution in [3.8, 4) is 0 Å². The number of aromatic carboxylic acids is 1. The number of aryl methyl sites for hydroxylation is 1.